The van der Waals surface area contributed by atoms with Crippen LogP contribution in [-0.4, -0.2) is 48.6 Å². The monoisotopic (exact) mass is 301 g/mol. The second kappa shape index (κ2) is 6.79. The Hall–Kier alpha value is -2.08. The molecule has 1 aliphatic rings. The van der Waals surface area contributed by atoms with Crippen LogP contribution in [0.15, 0.2) is 35.2 Å². The fraction of sp³-hybridized carbons (Fsp3) is 0.500. The van der Waals surface area contributed by atoms with Crippen LogP contribution in [-0.2, 0) is 0 Å². The summed E-state index contributed by atoms with van der Waals surface area (Å²) in [5.74, 6) is 2.66. The Morgan fingerprint density at radius 3 is 2.73 bits per heavy atom. The molecule has 0 bridgehead atoms. The number of nitrogens with one attached hydrogen (secondary N) is 1. The highest BCUT2D eigenvalue weighted by atomic mass is 16.3. The lowest BCUT2D eigenvalue weighted by Gasteiger charge is -2.26. The lowest BCUT2D eigenvalue weighted by Crippen LogP contribution is -2.31. The predicted molar refractivity (Wildman–Crippen MR) is 87.1 cm³/mol. The highest BCUT2D eigenvalue weighted by molar-refractivity contribution is 5.59. The van der Waals surface area contributed by atoms with E-state index in [1.165, 1.54) is 12.8 Å². The molecule has 6 heteroatoms. The van der Waals surface area contributed by atoms with Gasteiger partial charge in [0.15, 0.2) is 11.6 Å². The molecule has 0 radical (unpaired) electrons. The average Bonchev–Trinajstić information content (AvgIpc) is 3.21. The number of aromatic nitrogens is 2. The van der Waals surface area contributed by atoms with Crippen LogP contribution >= 0.6 is 0 Å². The van der Waals surface area contributed by atoms with E-state index in [4.69, 9.17) is 4.42 Å². The summed E-state index contributed by atoms with van der Waals surface area (Å²) in [7, 11) is 3.94. The molecule has 1 unspecified atom stereocenters. The molecule has 0 spiro atoms. The maximum absolute atomic E-state index is 5.65. The van der Waals surface area contributed by atoms with Crippen LogP contribution in [0.25, 0.3) is 0 Å². The smallest absolute Gasteiger partial charge is 0.171 e. The van der Waals surface area contributed by atoms with Crippen LogP contribution in [0.3, 0.4) is 0 Å². The Morgan fingerprint density at radius 1 is 1.27 bits per heavy atom. The molecule has 0 saturated carbocycles. The maximum Gasteiger partial charge on any atom is 0.171 e. The number of nitrogens with zero attached hydrogens (tertiary/aromatic N) is 4. The molecule has 118 valence electrons. The van der Waals surface area contributed by atoms with E-state index in [1.807, 2.05) is 31.1 Å². The summed E-state index contributed by atoms with van der Waals surface area (Å²) in [6.07, 6.45) is 7.68. The molecule has 1 fully saturated rings. The highest BCUT2D eigenvalue weighted by Gasteiger charge is 2.25. The third-order valence-corrected chi connectivity index (χ3v) is 4.02. The lowest BCUT2D eigenvalue weighted by atomic mass is 10.2. The van der Waals surface area contributed by atoms with E-state index in [0.717, 1.165) is 37.0 Å². The molecule has 22 heavy (non-hydrogen) atoms. The summed E-state index contributed by atoms with van der Waals surface area (Å²) < 4.78 is 5.65. The molecule has 3 rings (SSSR count). The van der Waals surface area contributed by atoms with Crippen molar-refractivity contribution in [2.45, 2.75) is 18.9 Å². The summed E-state index contributed by atoms with van der Waals surface area (Å²) in [5, 5.41) is 3.44. The van der Waals surface area contributed by atoms with Crippen LogP contribution in [0, 0.1) is 0 Å². The summed E-state index contributed by atoms with van der Waals surface area (Å²) in [6, 6.07) is 4.23. The molecule has 2 aromatic rings. The first-order valence-electron chi connectivity index (χ1n) is 7.75. The third kappa shape index (κ3) is 3.22. The number of hydrogen-bond donors (Lipinski definition) is 1. The zero-order valence-electron chi connectivity index (χ0n) is 13.2. The van der Waals surface area contributed by atoms with Gasteiger partial charge in [0.25, 0.3) is 0 Å². The van der Waals surface area contributed by atoms with Gasteiger partial charge in [0.1, 0.15) is 5.76 Å². The van der Waals surface area contributed by atoms with Crippen molar-refractivity contribution < 1.29 is 4.42 Å². The van der Waals surface area contributed by atoms with Crippen LogP contribution in [0.5, 0.6) is 0 Å². The quantitative estimate of drug-likeness (QED) is 0.884. The van der Waals surface area contributed by atoms with Gasteiger partial charge in [-0.3, -0.25) is 4.90 Å². The van der Waals surface area contributed by atoms with Crippen molar-refractivity contribution in [2.24, 2.45) is 0 Å². The summed E-state index contributed by atoms with van der Waals surface area (Å²) >= 11 is 0. The van der Waals surface area contributed by atoms with Crippen molar-refractivity contribution in [2.75, 3.05) is 43.9 Å². The first kappa shape index (κ1) is 14.8. The van der Waals surface area contributed by atoms with Gasteiger partial charge in [-0.05, 0) is 38.1 Å². The molecule has 1 atom stereocenters. The van der Waals surface area contributed by atoms with Crippen LogP contribution in [0.4, 0.5) is 11.6 Å². The average molecular weight is 301 g/mol. The fourth-order valence-corrected chi connectivity index (χ4v) is 2.92. The third-order valence-electron chi connectivity index (χ3n) is 4.02. The second-order valence-corrected chi connectivity index (χ2v) is 5.78. The van der Waals surface area contributed by atoms with Gasteiger partial charge in [0.05, 0.1) is 12.3 Å². The maximum atomic E-state index is 5.65. The summed E-state index contributed by atoms with van der Waals surface area (Å²) in [5.41, 5.74) is 0. The Balaban J connectivity index is 1.74. The molecule has 1 saturated heterocycles. The lowest BCUT2D eigenvalue weighted by molar-refractivity contribution is 0.225. The molecule has 0 aromatic carbocycles. The largest absolute Gasteiger partial charge is 0.468 e. The second-order valence-electron chi connectivity index (χ2n) is 5.78. The Labute approximate surface area is 131 Å². The zero-order valence-corrected chi connectivity index (χ0v) is 13.2. The number of likely N-dealkylation sites (tertiary alicyclic amines) is 1. The predicted octanol–water partition coefficient (Wildman–Crippen LogP) is 2.38. The van der Waals surface area contributed by atoms with Gasteiger partial charge < -0.3 is 14.6 Å². The van der Waals surface area contributed by atoms with Gasteiger partial charge >= 0.3 is 0 Å². The zero-order chi connectivity index (χ0) is 15.4. The molecular weight excluding hydrogens is 278 g/mol. The van der Waals surface area contributed by atoms with Gasteiger partial charge in [-0.25, -0.2) is 9.97 Å². The van der Waals surface area contributed by atoms with Crippen LogP contribution < -0.4 is 10.2 Å². The number of rotatable bonds is 6. The van der Waals surface area contributed by atoms with Gasteiger partial charge in [0, 0.05) is 33.0 Å². The van der Waals surface area contributed by atoms with Crippen molar-refractivity contribution >= 4 is 11.6 Å². The minimum absolute atomic E-state index is 0.231. The molecule has 2 aromatic heterocycles. The standard InChI is InChI=1S/C16H23N5O/c1-20(2)16-15(17-7-8-18-16)19-12-13(14-6-5-11-22-14)21-9-3-4-10-21/h5-8,11,13H,3-4,9-10,12H2,1-2H3,(H,17,19). The van der Waals surface area contributed by atoms with E-state index >= 15 is 0 Å². The van der Waals surface area contributed by atoms with Crippen molar-refractivity contribution in [3.8, 4) is 0 Å². The van der Waals surface area contributed by atoms with Crippen molar-refractivity contribution in [1.29, 1.82) is 0 Å². The minimum atomic E-state index is 0.231. The van der Waals surface area contributed by atoms with Crippen molar-refractivity contribution in [3.05, 3.63) is 36.5 Å². The molecule has 1 aliphatic heterocycles. The molecular formula is C16H23N5O. The summed E-state index contributed by atoms with van der Waals surface area (Å²) in [4.78, 5) is 13.2. The van der Waals surface area contributed by atoms with Gasteiger partial charge in [0.2, 0.25) is 0 Å². The Kier molecular flexibility index (Phi) is 4.58. The molecule has 0 aliphatic carbocycles. The van der Waals surface area contributed by atoms with E-state index in [-0.39, 0.29) is 6.04 Å². The Morgan fingerprint density at radius 2 is 2.05 bits per heavy atom. The molecule has 0 amide bonds. The normalized spacial score (nSPS) is 16.6. The number of furan rings is 1. The van der Waals surface area contributed by atoms with Crippen molar-refractivity contribution in [1.82, 2.24) is 14.9 Å². The van der Waals surface area contributed by atoms with Gasteiger partial charge in [-0.15, -0.1) is 0 Å². The fourth-order valence-electron chi connectivity index (χ4n) is 2.92. The van der Waals surface area contributed by atoms with Crippen LogP contribution in [0.2, 0.25) is 0 Å². The highest BCUT2D eigenvalue weighted by Crippen LogP contribution is 2.27. The van der Waals surface area contributed by atoms with E-state index in [0.29, 0.717) is 0 Å². The molecule has 1 N–H and O–H groups in total. The van der Waals surface area contributed by atoms with Crippen LogP contribution in [0.1, 0.15) is 24.6 Å². The van der Waals surface area contributed by atoms with E-state index in [1.54, 1.807) is 18.7 Å². The molecule has 6 nitrogen and oxygen atoms in total. The first-order valence-corrected chi connectivity index (χ1v) is 7.75. The SMILES string of the molecule is CN(C)c1nccnc1NCC(c1ccco1)N1CCCC1. The number of anilines is 2. The molecule has 3 heterocycles. The van der Waals surface area contributed by atoms with E-state index < -0.39 is 0 Å². The van der Waals surface area contributed by atoms with Gasteiger partial charge in [-0.2, -0.15) is 0 Å². The first-order chi connectivity index (χ1) is 10.8. The Bertz CT molecular complexity index is 578. The summed E-state index contributed by atoms with van der Waals surface area (Å²) in [6.45, 7) is 3.00. The van der Waals surface area contributed by atoms with Crippen molar-refractivity contribution in [3.63, 3.8) is 0 Å². The van der Waals surface area contributed by atoms with Gasteiger partial charge in [-0.1, -0.05) is 0 Å². The van der Waals surface area contributed by atoms with E-state index in [9.17, 15) is 0 Å². The number of hydrogen-bond acceptors (Lipinski definition) is 6. The van der Waals surface area contributed by atoms with E-state index in [2.05, 4.69) is 20.2 Å². The minimum Gasteiger partial charge on any atom is -0.468 e. The topological polar surface area (TPSA) is 57.4 Å².